The average Bonchev–Trinajstić information content (AvgIpc) is 3.21. The first-order valence-corrected chi connectivity index (χ1v) is 10.5. The molecule has 0 aliphatic carbocycles. The van der Waals surface area contributed by atoms with E-state index in [4.69, 9.17) is 9.47 Å². The van der Waals surface area contributed by atoms with Crippen molar-refractivity contribution in [3.05, 3.63) is 35.4 Å². The molecule has 0 aromatic heterocycles. The number of ether oxygens (including phenoxy) is 2. The molecular formula is C18H25NO4S. The van der Waals surface area contributed by atoms with Crippen molar-refractivity contribution < 1.29 is 17.9 Å². The van der Waals surface area contributed by atoms with Crippen LogP contribution in [0, 0.1) is 0 Å². The zero-order chi connectivity index (χ0) is 16.6. The maximum Gasteiger partial charge on any atom is 0.214 e. The Labute approximate surface area is 144 Å². The molecule has 2 unspecified atom stereocenters. The third-order valence-corrected chi connectivity index (χ3v) is 7.42. The lowest BCUT2D eigenvalue weighted by molar-refractivity contribution is -0.0255. The average molecular weight is 351 g/mol. The minimum Gasteiger partial charge on any atom is -0.378 e. The molecule has 0 saturated carbocycles. The summed E-state index contributed by atoms with van der Waals surface area (Å²) in [7, 11) is -3.25. The normalized spacial score (nSPS) is 30.8. The van der Waals surface area contributed by atoms with Crippen molar-refractivity contribution in [2.45, 2.75) is 50.4 Å². The Kier molecular flexibility index (Phi) is 4.41. The van der Waals surface area contributed by atoms with Gasteiger partial charge in [-0.05, 0) is 43.2 Å². The number of fused-ring (bicyclic) bond motifs is 2. The van der Waals surface area contributed by atoms with E-state index in [0.29, 0.717) is 26.1 Å². The molecule has 1 aromatic rings. The first kappa shape index (κ1) is 16.5. The van der Waals surface area contributed by atoms with Crippen molar-refractivity contribution in [1.29, 1.82) is 0 Å². The van der Waals surface area contributed by atoms with Crippen LogP contribution in [0.5, 0.6) is 0 Å². The van der Waals surface area contributed by atoms with Crippen LogP contribution in [0.1, 0.15) is 43.2 Å². The highest BCUT2D eigenvalue weighted by molar-refractivity contribution is 7.89. The molecule has 0 amide bonds. The number of hydrogen-bond acceptors (Lipinski definition) is 4. The summed E-state index contributed by atoms with van der Waals surface area (Å²) in [5, 5.41) is 0. The fourth-order valence-corrected chi connectivity index (χ4v) is 5.75. The third kappa shape index (κ3) is 3.01. The number of rotatable bonds is 4. The number of nitrogens with zero attached hydrogens (tertiary/aromatic N) is 1. The van der Waals surface area contributed by atoms with Crippen molar-refractivity contribution in [3.63, 3.8) is 0 Å². The Hall–Kier alpha value is -0.950. The maximum atomic E-state index is 12.7. The van der Waals surface area contributed by atoms with Gasteiger partial charge in [-0.3, -0.25) is 0 Å². The maximum absolute atomic E-state index is 12.7. The Morgan fingerprint density at radius 3 is 2.96 bits per heavy atom. The van der Waals surface area contributed by atoms with Crippen molar-refractivity contribution in [3.8, 4) is 0 Å². The van der Waals surface area contributed by atoms with Crippen LogP contribution >= 0.6 is 0 Å². The molecule has 0 radical (unpaired) electrons. The molecule has 2 fully saturated rings. The summed E-state index contributed by atoms with van der Waals surface area (Å²) in [6, 6.07) is 8.16. The van der Waals surface area contributed by atoms with E-state index in [1.165, 1.54) is 11.1 Å². The Bertz CT molecular complexity index is 699. The predicted molar refractivity (Wildman–Crippen MR) is 91.1 cm³/mol. The molecule has 3 heterocycles. The van der Waals surface area contributed by atoms with Crippen molar-refractivity contribution in [2.24, 2.45) is 0 Å². The topological polar surface area (TPSA) is 55.8 Å². The quantitative estimate of drug-likeness (QED) is 0.836. The summed E-state index contributed by atoms with van der Waals surface area (Å²) in [5.74, 6) is 0.176. The monoisotopic (exact) mass is 351 g/mol. The lowest BCUT2D eigenvalue weighted by Gasteiger charge is -2.26. The van der Waals surface area contributed by atoms with Crippen molar-refractivity contribution in [2.75, 3.05) is 25.4 Å². The molecule has 1 aromatic carbocycles. The lowest BCUT2D eigenvalue weighted by Crippen LogP contribution is -2.36. The number of hydrogen-bond donors (Lipinski definition) is 0. The summed E-state index contributed by atoms with van der Waals surface area (Å²) in [6.45, 7) is 2.34. The molecule has 3 aliphatic rings. The molecule has 6 heteroatoms. The van der Waals surface area contributed by atoms with E-state index < -0.39 is 15.6 Å². The second-order valence-electron chi connectivity index (χ2n) is 7.12. The summed E-state index contributed by atoms with van der Waals surface area (Å²) >= 11 is 0. The van der Waals surface area contributed by atoms with Crippen LogP contribution in [0.15, 0.2) is 24.3 Å². The van der Waals surface area contributed by atoms with Crippen LogP contribution < -0.4 is 0 Å². The van der Waals surface area contributed by atoms with Gasteiger partial charge in [0.1, 0.15) is 5.60 Å². The Morgan fingerprint density at radius 2 is 2.12 bits per heavy atom. The highest BCUT2D eigenvalue weighted by atomic mass is 32.2. The summed E-state index contributed by atoms with van der Waals surface area (Å²) in [6.07, 6.45) is 4.66. The van der Waals surface area contributed by atoms with Crippen LogP contribution in [0.2, 0.25) is 0 Å². The van der Waals surface area contributed by atoms with Crippen LogP contribution in [-0.4, -0.2) is 44.3 Å². The van der Waals surface area contributed by atoms with Gasteiger partial charge in [0.25, 0.3) is 0 Å². The second kappa shape index (κ2) is 6.41. The summed E-state index contributed by atoms with van der Waals surface area (Å²) < 4.78 is 38.8. The molecule has 2 atom stereocenters. The van der Waals surface area contributed by atoms with Crippen molar-refractivity contribution >= 4 is 10.0 Å². The Balaban J connectivity index is 1.43. The summed E-state index contributed by atoms with van der Waals surface area (Å²) in [4.78, 5) is 0. The van der Waals surface area contributed by atoms with E-state index in [-0.39, 0.29) is 11.9 Å². The van der Waals surface area contributed by atoms with Gasteiger partial charge in [0.15, 0.2) is 0 Å². The second-order valence-corrected chi connectivity index (χ2v) is 9.21. The zero-order valence-corrected chi connectivity index (χ0v) is 14.8. The molecule has 0 N–H and O–H groups in total. The van der Waals surface area contributed by atoms with Gasteiger partial charge in [-0.25, -0.2) is 8.42 Å². The van der Waals surface area contributed by atoms with Gasteiger partial charge in [-0.15, -0.1) is 0 Å². The highest BCUT2D eigenvalue weighted by Crippen LogP contribution is 2.44. The minimum absolute atomic E-state index is 0.105. The van der Waals surface area contributed by atoms with Crippen LogP contribution in [-0.2, 0) is 31.7 Å². The fraction of sp³-hybridized carbons (Fsp3) is 0.667. The molecule has 2 saturated heterocycles. The molecule has 132 valence electrons. The van der Waals surface area contributed by atoms with Crippen LogP contribution in [0.25, 0.3) is 0 Å². The van der Waals surface area contributed by atoms with E-state index in [1.54, 1.807) is 4.31 Å². The van der Waals surface area contributed by atoms with E-state index in [2.05, 4.69) is 12.1 Å². The van der Waals surface area contributed by atoms with Gasteiger partial charge >= 0.3 is 0 Å². The first-order valence-electron chi connectivity index (χ1n) is 8.91. The van der Waals surface area contributed by atoms with Gasteiger partial charge < -0.3 is 9.47 Å². The Morgan fingerprint density at radius 1 is 1.25 bits per heavy atom. The fourth-order valence-electron chi connectivity index (χ4n) is 4.15. The third-order valence-electron chi connectivity index (χ3n) is 5.57. The zero-order valence-electron chi connectivity index (χ0n) is 13.9. The standard InChI is InChI=1S/C18H25NO4S/c20-24(21,12-8-16-6-3-4-11-22-16)19-10-9-18(14-19)17-7-2-1-5-15(17)13-23-18/h1-2,5,7,16H,3-4,6,8-14H2. The van der Waals surface area contributed by atoms with Crippen LogP contribution in [0.4, 0.5) is 0 Å². The lowest BCUT2D eigenvalue weighted by atomic mass is 9.92. The van der Waals surface area contributed by atoms with Gasteiger partial charge in [0.05, 0.1) is 18.5 Å². The number of benzene rings is 1. The minimum atomic E-state index is -3.25. The van der Waals surface area contributed by atoms with E-state index >= 15 is 0 Å². The largest absolute Gasteiger partial charge is 0.378 e. The van der Waals surface area contributed by atoms with Crippen LogP contribution in [0.3, 0.4) is 0 Å². The number of sulfonamides is 1. The molecule has 0 bridgehead atoms. The summed E-state index contributed by atoms with van der Waals surface area (Å²) in [5.41, 5.74) is 1.91. The molecule has 24 heavy (non-hydrogen) atoms. The molecule has 4 rings (SSSR count). The van der Waals surface area contributed by atoms with E-state index in [9.17, 15) is 8.42 Å². The molecule has 5 nitrogen and oxygen atoms in total. The molecule has 3 aliphatic heterocycles. The smallest absolute Gasteiger partial charge is 0.214 e. The molecule has 1 spiro atoms. The first-order chi connectivity index (χ1) is 11.6. The molecular weight excluding hydrogens is 326 g/mol. The van der Waals surface area contributed by atoms with Crippen molar-refractivity contribution in [1.82, 2.24) is 4.31 Å². The van der Waals surface area contributed by atoms with E-state index in [0.717, 1.165) is 32.3 Å². The van der Waals surface area contributed by atoms with Gasteiger partial charge in [0, 0.05) is 19.7 Å². The van der Waals surface area contributed by atoms with E-state index in [1.807, 2.05) is 12.1 Å². The highest BCUT2D eigenvalue weighted by Gasteiger charge is 2.48. The van der Waals surface area contributed by atoms with Gasteiger partial charge in [-0.1, -0.05) is 24.3 Å². The predicted octanol–water partition coefficient (Wildman–Crippen LogP) is 2.41. The SMILES string of the molecule is O=S(=O)(CCC1CCCCO1)N1CCC2(C1)OCc1ccccc12. The van der Waals surface area contributed by atoms with Gasteiger partial charge in [-0.2, -0.15) is 4.31 Å². The van der Waals surface area contributed by atoms with Gasteiger partial charge in [0.2, 0.25) is 10.0 Å².